The molecule has 1 atom stereocenters. The molecule has 2 aliphatic rings. The van der Waals surface area contributed by atoms with Crippen LogP contribution in [0, 0.1) is 17.8 Å². The number of carbonyl (C=O) groups is 1. The number of hydrogen-bond donors (Lipinski definition) is 0. The Hall–Kier alpha value is -0.730. The van der Waals surface area contributed by atoms with Crippen molar-refractivity contribution in [2.45, 2.75) is 136 Å². The number of ether oxygens (including phenoxy) is 2. The third-order valence-corrected chi connectivity index (χ3v) is 7.27. The summed E-state index contributed by atoms with van der Waals surface area (Å²) in [5.41, 5.74) is 0. The largest absolute Gasteiger partial charge is 0.508 e. The molecule has 0 aliphatic heterocycles. The summed E-state index contributed by atoms with van der Waals surface area (Å²) in [5.74, 6) is 2.78. The van der Waals surface area contributed by atoms with Crippen LogP contribution in [0.5, 0.6) is 0 Å². The Balaban J connectivity index is 1.57. The molecule has 0 aromatic heterocycles. The summed E-state index contributed by atoms with van der Waals surface area (Å²) < 4.78 is 11.1. The molecule has 0 saturated heterocycles. The molecule has 164 valence electrons. The Labute approximate surface area is 174 Å². The van der Waals surface area contributed by atoms with Crippen molar-refractivity contribution in [3.63, 3.8) is 0 Å². The maximum atomic E-state index is 12.1. The average Bonchev–Trinajstić information content (AvgIpc) is 2.70. The van der Waals surface area contributed by atoms with Crippen molar-refractivity contribution >= 4 is 6.16 Å². The maximum absolute atomic E-state index is 12.1. The molecule has 0 aromatic rings. The molecule has 0 aromatic carbocycles. The van der Waals surface area contributed by atoms with Crippen LogP contribution in [0.1, 0.15) is 124 Å². The average molecular weight is 395 g/mol. The molecule has 0 unspecified atom stereocenters. The van der Waals surface area contributed by atoms with Gasteiger partial charge in [0.1, 0.15) is 12.2 Å². The van der Waals surface area contributed by atoms with E-state index >= 15 is 0 Å². The van der Waals surface area contributed by atoms with Gasteiger partial charge in [-0.1, -0.05) is 65.2 Å². The third-order valence-electron chi connectivity index (χ3n) is 7.27. The van der Waals surface area contributed by atoms with Crippen LogP contribution < -0.4 is 0 Å². The number of rotatable bonds is 11. The molecule has 2 saturated carbocycles. The highest BCUT2D eigenvalue weighted by Crippen LogP contribution is 2.41. The van der Waals surface area contributed by atoms with E-state index in [0.29, 0.717) is 0 Å². The molecule has 0 N–H and O–H groups in total. The van der Waals surface area contributed by atoms with Gasteiger partial charge in [-0.15, -0.1) is 0 Å². The predicted octanol–water partition coefficient (Wildman–Crippen LogP) is 8.05. The Bertz CT molecular complexity index is 406. The summed E-state index contributed by atoms with van der Waals surface area (Å²) in [6.07, 6.45) is 19.9. The number of hydrogen-bond acceptors (Lipinski definition) is 3. The van der Waals surface area contributed by atoms with Crippen molar-refractivity contribution in [1.82, 2.24) is 0 Å². The molecule has 3 heteroatoms. The molecule has 0 heterocycles. The zero-order valence-corrected chi connectivity index (χ0v) is 18.9. The van der Waals surface area contributed by atoms with Crippen molar-refractivity contribution in [2.24, 2.45) is 17.8 Å². The van der Waals surface area contributed by atoms with Crippen LogP contribution in [0.4, 0.5) is 4.79 Å². The van der Waals surface area contributed by atoms with Gasteiger partial charge in [0.25, 0.3) is 0 Å². The van der Waals surface area contributed by atoms with E-state index in [1.807, 2.05) is 6.92 Å². The number of carbonyl (C=O) groups excluding carboxylic acids is 1. The molecule has 0 amide bonds. The van der Waals surface area contributed by atoms with E-state index in [2.05, 4.69) is 13.8 Å². The van der Waals surface area contributed by atoms with Gasteiger partial charge in [-0.25, -0.2) is 4.79 Å². The molecular formula is C25H46O3. The van der Waals surface area contributed by atoms with Crippen LogP contribution in [0.25, 0.3) is 0 Å². The second-order valence-corrected chi connectivity index (χ2v) is 9.61. The van der Waals surface area contributed by atoms with Crippen LogP contribution in [-0.4, -0.2) is 18.4 Å². The van der Waals surface area contributed by atoms with E-state index in [1.54, 1.807) is 0 Å². The molecule has 0 spiro atoms. The van der Waals surface area contributed by atoms with E-state index in [9.17, 15) is 4.79 Å². The highest BCUT2D eigenvalue weighted by Gasteiger charge is 2.32. The van der Waals surface area contributed by atoms with Gasteiger partial charge in [-0.2, -0.15) is 0 Å². The lowest BCUT2D eigenvalue weighted by Crippen LogP contribution is -2.30. The van der Waals surface area contributed by atoms with Gasteiger partial charge < -0.3 is 9.47 Å². The van der Waals surface area contributed by atoms with Gasteiger partial charge in [-0.05, 0) is 76.0 Å². The maximum Gasteiger partial charge on any atom is 0.508 e. The van der Waals surface area contributed by atoms with Crippen molar-refractivity contribution in [2.75, 3.05) is 0 Å². The Kier molecular flexibility index (Phi) is 11.3. The molecule has 28 heavy (non-hydrogen) atoms. The van der Waals surface area contributed by atoms with Crippen LogP contribution in [0.2, 0.25) is 0 Å². The summed E-state index contributed by atoms with van der Waals surface area (Å²) in [7, 11) is 0. The fraction of sp³-hybridized carbons (Fsp3) is 0.960. The zero-order valence-electron chi connectivity index (χ0n) is 18.9. The van der Waals surface area contributed by atoms with Crippen LogP contribution in [0.15, 0.2) is 0 Å². The predicted molar refractivity (Wildman–Crippen MR) is 117 cm³/mol. The number of unbranched alkanes of at least 4 members (excludes halogenated alkanes) is 4. The van der Waals surface area contributed by atoms with E-state index in [0.717, 1.165) is 43.4 Å². The van der Waals surface area contributed by atoms with Crippen molar-refractivity contribution < 1.29 is 14.3 Å². The van der Waals surface area contributed by atoms with Gasteiger partial charge in [-0.3, -0.25) is 0 Å². The van der Waals surface area contributed by atoms with E-state index in [4.69, 9.17) is 9.47 Å². The monoisotopic (exact) mass is 394 g/mol. The van der Waals surface area contributed by atoms with Crippen molar-refractivity contribution in [3.8, 4) is 0 Å². The van der Waals surface area contributed by atoms with E-state index < -0.39 is 6.16 Å². The van der Waals surface area contributed by atoms with E-state index in [1.165, 1.54) is 77.0 Å². The Morgan fingerprint density at radius 2 is 1.43 bits per heavy atom. The van der Waals surface area contributed by atoms with E-state index in [-0.39, 0.29) is 12.2 Å². The minimum Gasteiger partial charge on any atom is -0.431 e. The third kappa shape index (κ3) is 8.74. The first-order valence-corrected chi connectivity index (χ1v) is 12.5. The molecule has 2 aliphatic carbocycles. The molecule has 0 radical (unpaired) electrons. The quantitative estimate of drug-likeness (QED) is 0.262. The fourth-order valence-electron chi connectivity index (χ4n) is 5.36. The first-order valence-electron chi connectivity index (χ1n) is 12.5. The molecule has 2 fully saturated rings. The van der Waals surface area contributed by atoms with Crippen molar-refractivity contribution in [3.05, 3.63) is 0 Å². The summed E-state index contributed by atoms with van der Waals surface area (Å²) in [5, 5.41) is 0. The van der Waals surface area contributed by atoms with Gasteiger partial charge >= 0.3 is 6.16 Å². The fourth-order valence-corrected chi connectivity index (χ4v) is 5.36. The summed E-state index contributed by atoms with van der Waals surface area (Å²) in [6.45, 7) is 6.50. The summed E-state index contributed by atoms with van der Waals surface area (Å²) in [6, 6.07) is 0. The van der Waals surface area contributed by atoms with Crippen LogP contribution >= 0.6 is 0 Å². The topological polar surface area (TPSA) is 35.5 Å². The Morgan fingerprint density at radius 1 is 0.821 bits per heavy atom. The standard InChI is InChI=1S/C25H46O3/c1-4-6-8-9-10-20(3)27-25(26)28-24-18-16-23(17-19-24)22-14-12-21(13-15-22)11-7-5-2/h20-24H,4-19H2,1-3H3/t20-,21-,22-,23-,24-/m1/s1. The molecular weight excluding hydrogens is 348 g/mol. The first-order chi connectivity index (χ1) is 13.6. The lowest BCUT2D eigenvalue weighted by molar-refractivity contribution is -0.0174. The smallest absolute Gasteiger partial charge is 0.431 e. The lowest BCUT2D eigenvalue weighted by Gasteiger charge is -2.37. The van der Waals surface area contributed by atoms with Crippen LogP contribution in [-0.2, 0) is 9.47 Å². The summed E-state index contributed by atoms with van der Waals surface area (Å²) >= 11 is 0. The van der Waals surface area contributed by atoms with Gasteiger partial charge in [0.05, 0.1) is 0 Å². The Morgan fingerprint density at radius 3 is 2.04 bits per heavy atom. The first kappa shape index (κ1) is 23.5. The zero-order chi connectivity index (χ0) is 20.2. The molecule has 2 rings (SSSR count). The van der Waals surface area contributed by atoms with Gasteiger partial charge in [0, 0.05) is 0 Å². The SMILES string of the molecule is CCCCCC[C@@H](C)OC(=O)O[C@H]1CC[C@H]([C@H]2CC[C@H](CCCC)CC2)CC1. The minimum atomic E-state index is -0.442. The molecule has 3 nitrogen and oxygen atoms in total. The van der Waals surface area contributed by atoms with Gasteiger partial charge in [0.2, 0.25) is 0 Å². The summed E-state index contributed by atoms with van der Waals surface area (Å²) in [4.78, 5) is 12.1. The second kappa shape index (κ2) is 13.5. The second-order valence-electron chi connectivity index (χ2n) is 9.61. The minimum absolute atomic E-state index is 0.0245. The highest BCUT2D eigenvalue weighted by molar-refractivity contribution is 5.60. The van der Waals surface area contributed by atoms with Gasteiger partial charge in [0.15, 0.2) is 0 Å². The lowest BCUT2D eigenvalue weighted by atomic mass is 9.70. The van der Waals surface area contributed by atoms with Crippen LogP contribution in [0.3, 0.4) is 0 Å². The van der Waals surface area contributed by atoms with Crippen molar-refractivity contribution in [1.29, 1.82) is 0 Å². The highest BCUT2D eigenvalue weighted by atomic mass is 16.7. The molecule has 0 bridgehead atoms. The normalized spacial score (nSPS) is 29.2.